The van der Waals surface area contributed by atoms with Crippen molar-refractivity contribution in [3.8, 4) is 0 Å². The summed E-state index contributed by atoms with van der Waals surface area (Å²) in [6, 6.07) is 0. The van der Waals surface area contributed by atoms with Crippen LogP contribution < -0.4 is 34.7 Å². The van der Waals surface area contributed by atoms with Crippen LogP contribution >= 0.6 is 0 Å². The molecule has 54 valence electrons. The van der Waals surface area contributed by atoms with Crippen LogP contribution in [0, 0.1) is 11.3 Å². The second kappa shape index (κ2) is 4.37. The summed E-state index contributed by atoms with van der Waals surface area (Å²) in [5, 5.41) is 10.4. The van der Waals surface area contributed by atoms with Gasteiger partial charge in [0, 0.05) is 11.4 Å². The number of carbonyl (C=O) groups is 1. The maximum absolute atomic E-state index is 10.4. The third-order valence-electron chi connectivity index (χ3n) is 1.97. The third-order valence-corrected chi connectivity index (χ3v) is 1.97. The molecule has 0 aromatic heterocycles. The summed E-state index contributed by atoms with van der Waals surface area (Å²) in [5.74, 6) is -0.847. The first-order chi connectivity index (χ1) is 3.89. The van der Waals surface area contributed by atoms with Crippen molar-refractivity contribution in [2.45, 2.75) is 27.7 Å². The minimum Gasteiger partial charge on any atom is -0.550 e. The molecule has 0 saturated heterocycles. The van der Waals surface area contributed by atoms with Gasteiger partial charge < -0.3 is 9.90 Å². The number of carboxylic acids is 1. The minimum absolute atomic E-state index is 0. The zero-order chi connectivity index (χ0) is 7.65. The van der Waals surface area contributed by atoms with E-state index in [9.17, 15) is 9.90 Å². The van der Waals surface area contributed by atoms with Gasteiger partial charge in [-0.2, -0.15) is 0 Å². The van der Waals surface area contributed by atoms with E-state index in [1.165, 1.54) is 0 Å². The number of hydrogen-bond acceptors (Lipinski definition) is 2. The van der Waals surface area contributed by atoms with Crippen molar-refractivity contribution >= 4 is 5.97 Å². The molecule has 0 aromatic rings. The van der Waals surface area contributed by atoms with Crippen LogP contribution in [0.4, 0.5) is 0 Å². The molecule has 0 amide bonds. The zero-order valence-electron chi connectivity index (χ0n) is 7.39. The summed E-state index contributed by atoms with van der Waals surface area (Å²) < 4.78 is 0. The number of rotatable bonds is 2. The van der Waals surface area contributed by atoms with Crippen molar-refractivity contribution < 1.29 is 39.5 Å². The molecular formula is C7H13NaO2. The van der Waals surface area contributed by atoms with Crippen LogP contribution in [0.1, 0.15) is 27.7 Å². The van der Waals surface area contributed by atoms with Crippen molar-refractivity contribution in [3.05, 3.63) is 0 Å². The zero-order valence-corrected chi connectivity index (χ0v) is 9.39. The van der Waals surface area contributed by atoms with Crippen LogP contribution in [0.15, 0.2) is 0 Å². The molecule has 0 aliphatic carbocycles. The molecule has 0 fully saturated rings. The monoisotopic (exact) mass is 152 g/mol. The maximum atomic E-state index is 10.4. The van der Waals surface area contributed by atoms with Gasteiger partial charge in [-0.1, -0.05) is 27.7 Å². The van der Waals surface area contributed by atoms with Crippen LogP contribution in [0.5, 0.6) is 0 Å². The smallest absolute Gasteiger partial charge is 0.550 e. The fourth-order valence-corrected chi connectivity index (χ4v) is 0.236. The summed E-state index contributed by atoms with van der Waals surface area (Å²) in [7, 11) is 0. The molecule has 0 unspecified atom stereocenters. The predicted octanol–water partition coefficient (Wildman–Crippen LogP) is -2.58. The first-order valence-corrected chi connectivity index (χ1v) is 3.10. The van der Waals surface area contributed by atoms with E-state index in [1.54, 1.807) is 13.8 Å². The van der Waals surface area contributed by atoms with Gasteiger partial charge in [0.2, 0.25) is 0 Å². The average Bonchev–Trinajstić information content (AvgIpc) is 1.65. The second-order valence-corrected chi connectivity index (χ2v) is 3.16. The molecule has 0 bridgehead atoms. The topological polar surface area (TPSA) is 40.1 Å². The Balaban J connectivity index is 0. The van der Waals surface area contributed by atoms with Gasteiger partial charge in [-0.05, 0) is 5.92 Å². The van der Waals surface area contributed by atoms with Crippen LogP contribution in [0.3, 0.4) is 0 Å². The van der Waals surface area contributed by atoms with Gasteiger partial charge in [-0.15, -0.1) is 0 Å². The standard InChI is InChI=1S/C7H14O2.Na/c1-5(2)7(3,4)6(8)9;/h5H,1-4H3,(H,8,9);/q;+1/p-1. The molecule has 0 atom stereocenters. The molecule has 0 spiro atoms. The van der Waals surface area contributed by atoms with E-state index in [4.69, 9.17) is 0 Å². The van der Waals surface area contributed by atoms with E-state index in [0.717, 1.165) is 0 Å². The van der Waals surface area contributed by atoms with E-state index in [-0.39, 0.29) is 35.5 Å². The molecule has 0 rings (SSSR count). The molecule has 0 aliphatic heterocycles. The van der Waals surface area contributed by atoms with Crippen molar-refractivity contribution in [2.24, 2.45) is 11.3 Å². The summed E-state index contributed by atoms with van der Waals surface area (Å²) >= 11 is 0. The first kappa shape index (κ1) is 13.1. The van der Waals surface area contributed by atoms with Gasteiger partial charge in [0.05, 0.1) is 0 Å². The molecule has 3 heteroatoms. The van der Waals surface area contributed by atoms with E-state index in [1.807, 2.05) is 13.8 Å². The van der Waals surface area contributed by atoms with E-state index in [2.05, 4.69) is 0 Å². The van der Waals surface area contributed by atoms with Gasteiger partial charge in [0.25, 0.3) is 0 Å². The largest absolute Gasteiger partial charge is 1.00 e. The third kappa shape index (κ3) is 3.04. The van der Waals surface area contributed by atoms with E-state index in [0.29, 0.717) is 0 Å². The van der Waals surface area contributed by atoms with Gasteiger partial charge >= 0.3 is 29.6 Å². The Morgan fingerprint density at radius 3 is 1.70 bits per heavy atom. The normalized spacial score (nSPS) is 10.9. The molecule has 10 heavy (non-hydrogen) atoms. The summed E-state index contributed by atoms with van der Waals surface area (Å²) in [4.78, 5) is 10.4. The van der Waals surface area contributed by atoms with E-state index < -0.39 is 11.4 Å². The predicted molar refractivity (Wildman–Crippen MR) is 33.6 cm³/mol. The summed E-state index contributed by atoms with van der Waals surface area (Å²) in [5.41, 5.74) is -0.694. The van der Waals surface area contributed by atoms with Crippen molar-refractivity contribution in [2.75, 3.05) is 0 Å². The average molecular weight is 152 g/mol. The number of carbonyl (C=O) groups excluding carboxylic acids is 1. The molecule has 0 aromatic carbocycles. The van der Waals surface area contributed by atoms with Crippen LogP contribution in [0.2, 0.25) is 0 Å². The van der Waals surface area contributed by atoms with Gasteiger partial charge in [0.1, 0.15) is 0 Å². The number of carboxylic acid groups (broad SMARTS) is 1. The summed E-state index contributed by atoms with van der Waals surface area (Å²) in [6.45, 7) is 7.09. The minimum atomic E-state index is -0.975. The fraction of sp³-hybridized carbons (Fsp3) is 0.857. The molecule has 0 heterocycles. The van der Waals surface area contributed by atoms with Crippen LogP contribution in [-0.4, -0.2) is 5.97 Å². The molecule has 2 nitrogen and oxygen atoms in total. The maximum Gasteiger partial charge on any atom is 1.00 e. The van der Waals surface area contributed by atoms with Crippen molar-refractivity contribution in [3.63, 3.8) is 0 Å². The molecular weight excluding hydrogens is 139 g/mol. The fourth-order valence-electron chi connectivity index (χ4n) is 0.236. The van der Waals surface area contributed by atoms with Crippen LogP contribution in [0.25, 0.3) is 0 Å². The molecule has 0 aliphatic rings. The Kier molecular flexibility index (Phi) is 5.72. The Hall–Kier alpha value is 0.470. The second-order valence-electron chi connectivity index (χ2n) is 3.16. The Morgan fingerprint density at radius 2 is 1.70 bits per heavy atom. The number of hydrogen-bond donors (Lipinski definition) is 0. The van der Waals surface area contributed by atoms with Crippen molar-refractivity contribution in [1.29, 1.82) is 0 Å². The Labute approximate surface area is 84.3 Å². The molecule has 0 saturated carbocycles. The van der Waals surface area contributed by atoms with E-state index >= 15 is 0 Å². The first-order valence-electron chi connectivity index (χ1n) is 3.10. The Morgan fingerprint density at radius 1 is 1.40 bits per heavy atom. The van der Waals surface area contributed by atoms with Gasteiger partial charge in [0.15, 0.2) is 0 Å². The summed E-state index contributed by atoms with van der Waals surface area (Å²) in [6.07, 6.45) is 0. The van der Waals surface area contributed by atoms with Crippen molar-refractivity contribution in [1.82, 2.24) is 0 Å². The molecule has 0 N–H and O–H groups in total. The molecule has 0 radical (unpaired) electrons. The number of aliphatic carboxylic acids is 1. The SMILES string of the molecule is CC(C)C(C)(C)C(=O)[O-].[Na+]. The Bertz CT molecular complexity index is 119. The van der Waals surface area contributed by atoms with Crippen LogP contribution in [-0.2, 0) is 4.79 Å². The van der Waals surface area contributed by atoms with Gasteiger partial charge in [-0.3, -0.25) is 0 Å². The van der Waals surface area contributed by atoms with Gasteiger partial charge in [-0.25, -0.2) is 0 Å². The quantitative estimate of drug-likeness (QED) is 0.408.